The molecule has 2 heterocycles. The molecule has 1 aliphatic rings. The Labute approximate surface area is 88.5 Å². The Morgan fingerprint density at radius 1 is 1.58 bits per heavy atom. The molecule has 0 amide bonds. The molecule has 0 saturated carbocycles. The van der Waals surface area contributed by atoms with Gasteiger partial charge in [-0.1, -0.05) is 11.8 Å². The van der Waals surface area contributed by atoms with Crippen LogP contribution in [0.1, 0.15) is 0 Å². The van der Waals surface area contributed by atoms with Gasteiger partial charge < -0.3 is 4.74 Å². The highest BCUT2D eigenvalue weighted by Crippen LogP contribution is 2.28. The summed E-state index contributed by atoms with van der Waals surface area (Å²) >= 11 is 4.02. The minimum Gasteiger partial charge on any atom is -0.379 e. The third-order valence-electron chi connectivity index (χ3n) is 1.52. The topological polar surface area (TPSA) is 35.0 Å². The van der Waals surface area contributed by atoms with E-state index in [1.54, 1.807) is 18.1 Å². The largest absolute Gasteiger partial charge is 0.379 e. The third-order valence-corrected chi connectivity index (χ3v) is 3.83. The first-order chi connectivity index (χ1) is 5.86. The molecule has 5 heteroatoms. The van der Waals surface area contributed by atoms with Gasteiger partial charge in [-0.2, -0.15) is 0 Å². The first-order valence-electron chi connectivity index (χ1n) is 3.56. The van der Waals surface area contributed by atoms with Crippen LogP contribution in [0.4, 0.5) is 0 Å². The maximum absolute atomic E-state index is 5.08. The number of ether oxygens (including phenoxy) is 1. The van der Waals surface area contributed by atoms with Crippen LogP contribution in [0.15, 0.2) is 17.6 Å². The van der Waals surface area contributed by atoms with Crippen LogP contribution in [0.3, 0.4) is 0 Å². The van der Waals surface area contributed by atoms with Crippen LogP contribution in [-0.2, 0) is 4.74 Å². The van der Waals surface area contributed by atoms with Gasteiger partial charge in [0, 0.05) is 6.20 Å². The second-order valence-electron chi connectivity index (χ2n) is 2.45. The molecule has 0 bridgehead atoms. The summed E-state index contributed by atoms with van der Waals surface area (Å²) < 4.78 is 6.20. The van der Waals surface area contributed by atoms with Crippen LogP contribution >= 0.6 is 34.4 Å². The molecule has 2 rings (SSSR count). The monoisotopic (exact) mass is 294 g/mol. The molecule has 3 nitrogen and oxygen atoms in total. The van der Waals surface area contributed by atoms with E-state index in [1.165, 1.54) is 0 Å². The second kappa shape index (κ2) is 3.89. The van der Waals surface area contributed by atoms with E-state index >= 15 is 0 Å². The summed E-state index contributed by atoms with van der Waals surface area (Å²) in [7, 11) is 0. The van der Waals surface area contributed by atoms with Crippen molar-refractivity contribution in [3.8, 4) is 0 Å². The molecule has 0 spiro atoms. The molecule has 1 saturated heterocycles. The average Bonchev–Trinajstić information content (AvgIpc) is 2.00. The van der Waals surface area contributed by atoms with Gasteiger partial charge in [0.25, 0.3) is 0 Å². The van der Waals surface area contributed by atoms with Gasteiger partial charge in [0.05, 0.1) is 22.0 Å². The first kappa shape index (κ1) is 8.71. The van der Waals surface area contributed by atoms with Crippen molar-refractivity contribution in [3.05, 3.63) is 16.1 Å². The van der Waals surface area contributed by atoms with Crippen LogP contribution in [0, 0.1) is 3.57 Å². The van der Waals surface area contributed by atoms with Gasteiger partial charge in [-0.05, 0) is 22.6 Å². The maximum Gasteiger partial charge on any atom is 0.116 e. The zero-order valence-corrected chi connectivity index (χ0v) is 9.21. The van der Waals surface area contributed by atoms with Crippen molar-refractivity contribution in [1.82, 2.24) is 9.97 Å². The predicted octanol–water partition coefficient (Wildman–Crippen LogP) is 1.57. The van der Waals surface area contributed by atoms with Crippen LogP contribution < -0.4 is 0 Å². The number of nitrogens with zero attached hydrogens (tertiary/aromatic N) is 2. The van der Waals surface area contributed by atoms with Crippen molar-refractivity contribution in [3.63, 3.8) is 0 Å². The lowest BCUT2D eigenvalue weighted by atomic mass is 10.4. The number of halogens is 1. The Morgan fingerprint density at radius 3 is 3.00 bits per heavy atom. The molecule has 0 aliphatic carbocycles. The summed E-state index contributed by atoms with van der Waals surface area (Å²) in [6.45, 7) is 1.70. The maximum atomic E-state index is 5.08. The highest BCUT2D eigenvalue weighted by Gasteiger charge is 2.20. The predicted molar refractivity (Wildman–Crippen MR) is 55.2 cm³/mol. The molecule has 0 radical (unpaired) electrons. The quantitative estimate of drug-likeness (QED) is 0.612. The number of aromatic nitrogens is 2. The fourth-order valence-electron chi connectivity index (χ4n) is 0.828. The van der Waals surface area contributed by atoms with Gasteiger partial charge in [-0.3, -0.25) is 0 Å². The Hall–Kier alpha value is 0.120. The lowest BCUT2D eigenvalue weighted by Crippen LogP contribution is -2.30. The number of hydrogen-bond donors (Lipinski definition) is 0. The van der Waals surface area contributed by atoms with E-state index in [0.717, 1.165) is 21.8 Å². The normalized spacial score (nSPS) is 17.4. The van der Waals surface area contributed by atoms with Crippen LogP contribution in [0.25, 0.3) is 0 Å². The van der Waals surface area contributed by atoms with Gasteiger partial charge in [-0.15, -0.1) is 0 Å². The van der Waals surface area contributed by atoms with Crippen LogP contribution in [0.5, 0.6) is 0 Å². The van der Waals surface area contributed by atoms with E-state index in [9.17, 15) is 0 Å². The fourth-order valence-corrected chi connectivity index (χ4v) is 2.43. The van der Waals surface area contributed by atoms with Crippen LogP contribution in [-0.4, -0.2) is 28.4 Å². The molecular weight excluding hydrogens is 287 g/mol. The van der Waals surface area contributed by atoms with Crippen molar-refractivity contribution >= 4 is 34.4 Å². The molecule has 1 fully saturated rings. The summed E-state index contributed by atoms with van der Waals surface area (Å²) in [6.07, 6.45) is 3.42. The molecule has 12 heavy (non-hydrogen) atoms. The number of thioether (sulfide) groups is 1. The minimum atomic E-state index is 0.591. The van der Waals surface area contributed by atoms with Crippen molar-refractivity contribution in [2.24, 2.45) is 0 Å². The van der Waals surface area contributed by atoms with Crippen LogP contribution in [0.2, 0.25) is 0 Å². The standard InChI is InChI=1S/C7H7IN2OS/c8-6-1-9-4-10-7(6)12-5-2-11-3-5/h1,4-5H,2-3H2. The summed E-state index contributed by atoms with van der Waals surface area (Å²) in [5.74, 6) is 0. The average molecular weight is 294 g/mol. The summed E-state index contributed by atoms with van der Waals surface area (Å²) in [5.41, 5.74) is 0. The summed E-state index contributed by atoms with van der Waals surface area (Å²) in [4.78, 5) is 8.12. The SMILES string of the molecule is Ic1cncnc1SC1COC1. The molecule has 0 unspecified atom stereocenters. The van der Waals surface area contributed by atoms with Crippen molar-refractivity contribution in [1.29, 1.82) is 0 Å². The Morgan fingerprint density at radius 2 is 2.42 bits per heavy atom. The van der Waals surface area contributed by atoms with E-state index in [2.05, 4.69) is 32.6 Å². The van der Waals surface area contributed by atoms with Gasteiger partial charge in [-0.25, -0.2) is 9.97 Å². The van der Waals surface area contributed by atoms with Crippen molar-refractivity contribution in [2.75, 3.05) is 13.2 Å². The molecule has 64 valence electrons. The van der Waals surface area contributed by atoms with Crippen molar-refractivity contribution in [2.45, 2.75) is 10.3 Å². The molecule has 0 N–H and O–H groups in total. The van der Waals surface area contributed by atoms with E-state index in [1.807, 2.05) is 6.20 Å². The van der Waals surface area contributed by atoms with Gasteiger partial charge in [0.15, 0.2) is 0 Å². The first-order valence-corrected chi connectivity index (χ1v) is 5.52. The zero-order chi connectivity index (χ0) is 8.39. The lowest BCUT2D eigenvalue weighted by Gasteiger charge is -2.24. The van der Waals surface area contributed by atoms with E-state index in [-0.39, 0.29) is 0 Å². The number of hydrogen-bond acceptors (Lipinski definition) is 4. The number of rotatable bonds is 2. The fraction of sp³-hybridized carbons (Fsp3) is 0.429. The second-order valence-corrected chi connectivity index (χ2v) is 4.90. The highest BCUT2D eigenvalue weighted by molar-refractivity contribution is 14.1. The summed E-state index contributed by atoms with van der Waals surface area (Å²) in [6, 6.07) is 0. The Bertz CT molecular complexity index is 280. The smallest absolute Gasteiger partial charge is 0.116 e. The minimum absolute atomic E-state index is 0.591. The van der Waals surface area contributed by atoms with Gasteiger partial charge in [0.2, 0.25) is 0 Å². The van der Waals surface area contributed by atoms with E-state index in [0.29, 0.717) is 5.25 Å². The highest BCUT2D eigenvalue weighted by atomic mass is 127. The molecule has 1 aromatic heterocycles. The van der Waals surface area contributed by atoms with Gasteiger partial charge in [0.1, 0.15) is 11.4 Å². The Kier molecular flexibility index (Phi) is 2.82. The van der Waals surface area contributed by atoms with Crippen molar-refractivity contribution < 1.29 is 4.74 Å². The van der Waals surface area contributed by atoms with E-state index in [4.69, 9.17) is 4.74 Å². The molecule has 0 aromatic carbocycles. The molecular formula is C7H7IN2OS. The Balaban J connectivity index is 2.06. The molecule has 1 aromatic rings. The summed E-state index contributed by atoms with van der Waals surface area (Å²) in [5, 5.41) is 1.66. The van der Waals surface area contributed by atoms with E-state index < -0.39 is 0 Å². The zero-order valence-electron chi connectivity index (χ0n) is 6.24. The molecule has 1 aliphatic heterocycles. The van der Waals surface area contributed by atoms with Gasteiger partial charge >= 0.3 is 0 Å². The molecule has 0 atom stereocenters. The third kappa shape index (κ3) is 1.89. The lowest BCUT2D eigenvalue weighted by molar-refractivity contribution is 0.0454.